The smallest absolute Gasteiger partial charge is 0.236 e. The molecule has 1 rings (SSSR count). The van der Waals surface area contributed by atoms with E-state index in [1.54, 1.807) is 7.11 Å². The molecule has 5 heteroatoms. The molecule has 0 bridgehead atoms. The third-order valence-corrected chi connectivity index (χ3v) is 2.96. The molecule has 0 aromatic rings. The molecule has 5 nitrogen and oxygen atoms in total. The van der Waals surface area contributed by atoms with E-state index in [4.69, 9.17) is 9.47 Å². The van der Waals surface area contributed by atoms with Crippen molar-refractivity contribution in [3.8, 4) is 0 Å². The molecule has 0 saturated carbocycles. The first kappa shape index (κ1) is 13.4. The average molecular weight is 230 g/mol. The molecule has 1 fully saturated rings. The van der Waals surface area contributed by atoms with Crippen molar-refractivity contribution >= 4 is 5.91 Å². The molecule has 1 N–H and O–H groups in total. The number of carbonyl (C=O) groups is 1. The minimum atomic E-state index is 0.122. The molecule has 2 atom stereocenters. The van der Waals surface area contributed by atoms with Crippen molar-refractivity contribution in [3.63, 3.8) is 0 Å². The highest BCUT2D eigenvalue weighted by atomic mass is 16.5. The molecule has 0 aromatic carbocycles. The van der Waals surface area contributed by atoms with E-state index >= 15 is 0 Å². The molecular weight excluding hydrogens is 208 g/mol. The van der Waals surface area contributed by atoms with Gasteiger partial charge in [0.15, 0.2) is 0 Å². The Bertz CT molecular complexity index is 223. The lowest BCUT2D eigenvalue weighted by Gasteiger charge is -2.37. The molecule has 0 aliphatic carbocycles. The Labute approximate surface area is 97.1 Å². The van der Waals surface area contributed by atoms with Gasteiger partial charge < -0.3 is 19.7 Å². The van der Waals surface area contributed by atoms with Crippen LogP contribution in [-0.4, -0.2) is 62.9 Å². The fourth-order valence-electron chi connectivity index (χ4n) is 1.76. The molecule has 1 heterocycles. The fraction of sp³-hybridized carbons (Fsp3) is 0.909. The Hall–Kier alpha value is -0.650. The molecule has 1 aliphatic rings. The van der Waals surface area contributed by atoms with E-state index in [2.05, 4.69) is 5.32 Å². The number of methoxy groups -OCH3 is 1. The SMILES string of the molecule is COCCNCC(=O)N1CCOC(C)C1C. The summed E-state index contributed by atoms with van der Waals surface area (Å²) in [6.07, 6.45) is 0.122. The van der Waals surface area contributed by atoms with Crippen LogP contribution in [0, 0.1) is 0 Å². The Morgan fingerprint density at radius 2 is 2.31 bits per heavy atom. The van der Waals surface area contributed by atoms with Crippen LogP contribution in [-0.2, 0) is 14.3 Å². The summed E-state index contributed by atoms with van der Waals surface area (Å²) >= 11 is 0. The van der Waals surface area contributed by atoms with Gasteiger partial charge in [-0.25, -0.2) is 0 Å². The van der Waals surface area contributed by atoms with Crippen molar-refractivity contribution in [2.75, 3.05) is 40.0 Å². The number of rotatable bonds is 5. The van der Waals surface area contributed by atoms with E-state index in [0.717, 1.165) is 0 Å². The van der Waals surface area contributed by atoms with Crippen molar-refractivity contribution in [2.24, 2.45) is 0 Å². The summed E-state index contributed by atoms with van der Waals surface area (Å²) in [5.41, 5.74) is 0. The number of hydrogen-bond acceptors (Lipinski definition) is 4. The summed E-state index contributed by atoms with van der Waals surface area (Å²) in [6.45, 7) is 7.06. The third kappa shape index (κ3) is 3.73. The standard InChI is InChI=1S/C11H22N2O3/c1-9-10(2)16-7-5-13(9)11(14)8-12-4-6-15-3/h9-10,12H,4-8H2,1-3H3. The van der Waals surface area contributed by atoms with E-state index in [9.17, 15) is 4.79 Å². The van der Waals surface area contributed by atoms with Gasteiger partial charge in [0.25, 0.3) is 0 Å². The lowest BCUT2D eigenvalue weighted by atomic mass is 10.1. The van der Waals surface area contributed by atoms with E-state index < -0.39 is 0 Å². The van der Waals surface area contributed by atoms with Crippen LogP contribution in [0.4, 0.5) is 0 Å². The van der Waals surface area contributed by atoms with E-state index in [0.29, 0.717) is 32.8 Å². The minimum absolute atomic E-state index is 0.122. The van der Waals surface area contributed by atoms with Crippen LogP contribution in [0.25, 0.3) is 0 Å². The number of carbonyl (C=O) groups excluding carboxylic acids is 1. The van der Waals surface area contributed by atoms with E-state index in [1.165, 1.54) is 0 Å². The molecule has 94 valence electrons. The van der Waals surface area contributed by atoms with Crippen LogP contribution in [0.5, 0.6) is 0 Å². The summed E-state index contributed by atoms with van der Waals surface area (Å²) < 4.78 is 10.4. The Balaban J connectivity index is 2.29. The number of nitrogens with zero attached hydrogens (tertiary/aromatic N) is 1. The highest BCUT2D eigenvalue weighted by Gasteiger charge is 2.28. The van der Waals surface area contributed by atoms with Gasteiger partial charge in [-0.1, -0.05) is 0 Å². The molecule has 1 aliphatic heterocycles. The lowest BCUT2D eigenvalue weighted by Crippen LogP contribution is -2.53. The zero-order valence-corrected chi connectivity index (χ0v) is 10.4. The minimum Gasteiger partial charge on any atom is -0.383 e. The second-order valence-electron chi connectivity index (χ2n) is 4.07. The van der Waals surface area contributed by atoms with Gasteiger partial charge in [0.05, 0.1) is 31.9 Å². The molecule has 0 spiro atoms. The van der Waals surface area contributed by atoms with Gasteiger partial charge in [0.2, 0.25) is 5.91 Å². The van der Waals surface area contributed by atoms with Crippen molar-refractivity contribution in [1.82, 2.24) is 10.2 Å². The maximum atomic E-state index is 11.9. The van der Waals surface area contributed by atoms with Crippen molar-refractivity contribution in [1.29, 1.82) is 0 Å². The van der Waals surface area contributed by atoms with Crippen LogP contribution in [0.2, 0.25) is 0 Å². The number of nitrogens with one attached hydrogen (secondary N) is 1. The monoisotopic (exact) mass is 230 g/mol. The van der Waals surface area contributed by atoms with Crippen LogP contribution >= 0.6 is 0 Å². The molecule has 1 saturated heterocycles. The molecule has 2 unspecified atom stereocenters. The summed E-state index contributed by atoms with van der Waals surface area (Å²) in [7, 11) is 1.65. The fourth-order valence-corrected chi connectivity index (χ4v) is 1.76. The van der Waals surface area contributed by atoms with Crippen LogP contribution in [0.1, 0.15) is 13.8 Å². The van der Waals surface area contributed by atoms with Crippen LogP contribution in [0.3, 0.4) is 0 Å². The van der Waals surface area contributed by atoms with E-state index in [1.807, 2.05) is 18.7 Å². The molecule has 0 radical (unpaired) electrons. The number of amides is 1. The summed E-state index contributed by atoms with van der Waals surface area (Å²) in [5.74, 6) is 0.138. The van der Waals surface area contributed by atoms with Crippen molar-refractivity contribution < 1.29 is 14.3 Å². The zero-order valence-electron chi connectivity index (χ0n) is 10.4. The predicted octanol–water partition coefficient (Wildman–Crippen LogP) is -0.142. The maximum Gasteiger partial charge on any atom is 0.236 e. The molecule has 1 amide bonds. The molecule has 16 heavy (non-hydrogen) atoms. The van der Waals surface area contributed by atoms with Crippen LogP contribution in [0.15, 0.2) is 0 Å². The molecule has 0 aromatic heterocycles. The Morgan fingerprint density at radius 3 is 3.00 bits per heavy atom. The van der Waals surface area contributed by atoms with Gasteiger partial charge in [0, 0.05) is 20.2 Å². The first-order valence-electron chi connectivity index (χ1n) is 5.77. The first-order valence-corrected chi connectivity index (χ1v) is 5.77. The summed E-state index contributed by atoms with van der Waals surface area (Å²) in [4.78, 5) is 13.8. The lowest BCUT2D eigenvalue weighted by molar-refractivity contribution is -0.143. The van der Waals surface area contributed by atoms with Crippen molar-refractivity contribution in [3.05, 3.63) is 0 Å². The average Bonchev–Trinajstić information content (AvgIpc) is 2.28. The number of hydrogen-bond donors (Lipinski definition) is 1. The first-order chi connectivity index (χ1) is 7.66. The van der Waals surface area contributed by atoms with Gasteiger partial charge in [0.1, 0.15) is 0 Å². The van der Waals surface area contributed by atoms with Gasteiger partial charge in [-0.05, 0) is 13.8 Å². The number of ether oxygens (including phenoxy) is 2. The topological polar surface area (TPSA) is 50.8 Å². The highest BCUT2D eigenvalue weighted by Crippen LogP contribution is 2.12. The van der Waals surface area contributed by atoms with Gasteiger partial charge in [-0.15, -0.1) is 0 Å². The Kier molecular flexibility index (Phi) is 5.73. The zero-order chi connectivity index (χ0) is 12.0. The summed E-state index contributed by atoms with van der Waals surface area (Å²) in [5, 5.41) is 3.06. The summed E-state index contributed by atoms with van der Waals surface area (Å²) in [6, 6.07) is 0.158. The predicted molar refractivity (Wildman–Crippen MR) is 61.3 cm³/mol. The van der Waals surface area contributed by atoms with Gasteiger partial charge >= 0.3 is 0 Å². The van der Waals surface area contributed by atoms with Gasteiger partial charge in [-0.3, -0.25) is 4.79 Å². The van der Waals surface area contributed by atoms with E-state index in [-0.39, 0.29) is 18.1 Å². The highest BCUT2D eigenvalue weighted by molar-refractivity contribution is 5.78. The maximum absolute atomic E-state index is 11.9. The number of morpholine rings is 1. The second kappa shape index (κ2) is 6.83. The van der Waals surface area contributed by atoms with Crippen LogP contribution < -0.4 is 5.32 Å². The normalized spacial score (nSPS) is 25.8. The second-order valence-corrected chi connectivity index (χ2v) is 4.07. The molecular formula is C11H22N2O3. The largest absolute Gasteiger partial charge is 0.383 e. The third-order valence-electron chi connectivity index (χ3n) is 2.96. The Morgan fingerprint density at radius 1 is 1.56 bits per heavy atom. The van der Waals surface area contributed by atoms with Crippen molar-refractivity contribution in [2.45, 2.75) is 26.0 Å². The quantitative estimate of drug-likeness (QED) is 0.668. The van der Waals surface area contributed by atoms with Gasteiger partial charge in [-0.2, -0.15) is 0 Å².